The van der Waals surface area contributed by atoms with Crippen molar-refractivity contribution in [2.75, 3.05) is 7.11 Å². The van der Waals surface area contributed by atoms with Crippen LogP contribution in [0.3, 0.4) is 0 Å². The molecule has 19 heavy (non-hydrogen) atoms. The van der Waals surface area contributed by atoms with Crippen LogP contribution in [0.4, 0.5) is 4.39 Å². The van der Waals surface area contributed by atoms with Crippen molar-refractivity contribution in [2.24, 2.45) is 0 Å². The van der Waals surface area contributed by atoms with Gasteiger partial charge in [-0.15, -0.1) is 0 Å². The molecule has 0 radical (unpaired) electrons. The van der Waals surface area contributed by atoms with E-state index in [4.69, 9.17) is 0 Å². The van der Waals surface area contributed by atoms with Gasteiger partial charge in [-0.2, -0.15) is 0 Å². The maximum atomic E-state index is 12.8. The fourth-order valence-corrected chi connectivity index (χ4v) is 1.81. The summed E-state index contributed by atoms with van der Waals surface area (Å²) < 4.78 is 17.4. The summed E-state index contributed by atoms with van der Waals surface area (Å²) in [5.74, 6) is -1.01. The highest BCUT2D eigenvalue weighted by Crippen LogP contribution is 2.12. The van der Waals surface area contributed by atoms with Crippen LogP contribution in [0.15, 0.2) is 41.3 Å². The standard InChI is InChI=1S/C14H12FNO3/c1-19-14(18)12-10(6-7-16-13(12)17)8-9-2-4-11(15)5-3-9/h2-7H,8H2,1H3,(H,16,17). The summed E-state index contributed by atoms with van der Waals surface area (Å²) in [5, 5.41) is 0. The van der Waals surface area contributed by atoms with Gasteiger partial charge in [-0.25, -0.2) is 9.18 Å². The van der Waals surface area contributed by atoms with Crippen molar-refractivity contribution in [3.63, 3.8) is 0 Å². The van der Waals surface area contributed by atoms with E-state index in [2.05, 4.69) is 9.72 Å². The summed E-state index contributed by atoms with van der Waals surface area (Å²) in [6.45, 7) is 0. The van der Waals surface area contributed by atoms with Crippen LogP contribution in [-0.2, 0) is 11.2 Å². The minimum Gasteiger partial charge on any atom is -0.465 e. The fourth-order valence-electron chi connectivity index (χ4n) is 1.81. The molecule has 0 aliphatic heterocycles. The van der Waals surface area contributed by atoms with Gasteiger partial charge in [0.25, 0.3) is 5.56 Å². The number of nitrogens with one attached hydrogen (secondary N) is 1. The first-order valence-corrected chi connectivity index (χ1v) is 5.65. The molecule has 0 atom stereocenters. The lowest BCUT2D eigenvalue weighted by molar-refractivity contribution is 0.0597. The molecule has 2 aromatic rings. The smallest absolute Gasteiger partial charge is 0.343 e. The summed E-state index contributed by atoms with van der Waals surface area (Å²) >= 11 is 0. The number of hydrogen-bond donors (Lipinski definition) is 1. The van der Waals surface area contributed by atoms with Crippen molar-refractivity contribution in [2.45, 2.75) is 6.42 Å². The van der Waals surface area contributed by atoms with Crippen molar-refractivity contribution in [3.8, 4) is 0 Å². The SMILES string of the molecule is COC(=O)c1c(Cc2ccc(F)cc2)cc[nH]c1=O. The summed E-state index contributed by atoms with van der Waals surface area (Å²) in [4.78, 5) is 25.7. The molecule has 0 unspecified atom stereocenters. The number of ether oxygens (including phenoxy) is 1. The van der Waals surface area contributed by atoms with E-state index in [9.17, 15) is 14.0 Å². The van der Waals surface area contributed by atoms with Crippen LogP contribution in [0, 0.1) is 5.82 Å². The number of pyridine rings is 1. The molecule has 98 valence electrons. The van der Waals surface area contributed by atoms with Gasteiger partial charge in [0.15, 0.2) is 0 Å². The van der Waals surface area contributed by atoms with Gasteiger partial charge in [-0.3, -0.25) is 4.79 Å². The first-order chi connectivity index (χ1) is 9.11. The molecule has 0 amide bonds. The van der Waals surface area contributed by atoms with Gasteiger partial charge in [0.05, 0.1) is 7.11 Å². The fraction of sp³-hybridized carbons (Fsp3) is 0.143. The van der Waals surface area contributed by atoms with Crippen molar-refractivity contribution in [1.29, 1.82) is 0 Å². The Bertz CT molecular complexity index is 646. The number of carbonyl (C=O) groups excluding carboxylic acids is 1. The first-order valence-electron chi connectivity index (χ1n) is 5.65. The zero-order chi connectivity index (χ0) is 13.8. The zero-order valence-corrected chi connectivity index (χ0v) is 10.3. The highest BCUT2D eigenvalue weighted by molar-refractivity contribution is 5.90. The quantitative estimate of drug-likeness (QED) is 0.858. The topological polar surface area (TPSA) is 59.2 Å². The molecule has 2 rings (SSSR count). The summed E-state index contributed by atoms with van der Waals surface area (Å²) in [5.41, 5.74) is 0.833. The number of hydrogen-bond acceptors (Lipinski definition) is 3. The molecule has 0 saturated heterocycles. The monoisotopic (exact) mass is 261 g/mol. The molecule has 0 fully saturated rings. The molecule has 5 heteroatoms. The van der Waals surface area contributed by atoms with E-state index < -0.39 is 11.5 Å². The molecular formula is C14H12FNO3. The number of esters is 1. The van der Waals surface area contributed by atoms with Crippen LogP contribution in [-0.4, -0.2) is 18.1 Å². The van der Waals surface area contributed by atoms with Gasteiger partial charge in [0.2, 0.25) is 0 Å². The predicted octanol–water partition coefficient (Wildman–Crippen LogP) is 1.89. The van der Waals surface area contributed by atoms with Crippen LogP contribution in [0.5, 0.6) is 0 Å². The van der Waals surface area contributed by atoms with Gasteiger partial charge >= 0.3 is 5.97 Å². The molecule has 0 saturated carbocycles. The molecule has 4 nitrogen and oxygen atoms in total. The van der Waals surface area contributed by atoms with Gasteiger partial charge in [0, 0.05) is 6.20 Å². The predicted molar refractivity (Wildman–Crippen MR) is 67.6 cm³/mol. The molecule has 1 N–H and O–H groups in total. The average molecular weight is 261 g/mol. The molecule has 1 aromatic heterocycles. The number of rotatable bonds is 3. The van der Waals surface area contributed by atoms with Crippen molar-refractivity contribution in [1.82, 2.24) is 4.98 Å². The van der Waals surface area contributed by atoms with Crippen LogP contribution in [0.1, 0.15) is 21.5 Å². The van der Waals surface area contributed by atoms with Crippen molar-refractivity contribution in [3.05, 3.63) is 69.4 Å². The second-order valence-electron chi connectivity index (χ2n) is 4.00. The van der Waals surface area contributed by atoms with E-state index in [1.54, 1.807) is 18.2 Å². The second-order valence-corrected chi connectivity index (χ2v) is 4.00. The summed E-state index contributed by atoms with van der Waals surface area (Å²) in [6.07, 6.45) is 1.82. The third-order valence-corrected chi connectivity index (χ3v) is 2.74. The molecule has 0 bridgehead atoms. The molecule has 0 aliphatic carbocycles. The van der Waals surface area contributed by atoms with Crippen molar-refractivity contribution < 1.29 is 13.9 Å². The molecule has 0 aliphatic rings. The summed E-state index contributed by atoms with van der Waals surface area (Å²) in [7, 11) is 1.22. The lowest BCUT2D eigenvalue weighted by Gasteiger charge is -2.06. The lowest BCUT2D eigenvalue weighted by atomic mass is 10.0. The highest BCUT2D eigenvalue weighted by Gasteiger charge is 2.16. The van der Waals surface area contributed by atoms with Crippen LogP contribution in [0.25, 0.3) is 0 Å². The maximum absolute atomic E-state index is 12.8. The average Bonchev–Trinajstić information content (AvgIpc) is 2.41. The van der Waals surface area contributed by atoms with Gasteiger partial charge in [-0.05, 0) is 35.7 Å². The van der Waals surface area contributed by atoms with E-state index >= 15 is 0 Å². The largest absolute Gasteiger partial charge is 0.465 e. The number of aromatic nitrogens is 1. The number of benzene rings is 1. The van der Waals surface area contributed by atoms with Crippen molar-refractivity contribution >= 4 is 5.97 Å². The van der Waals surface area contributed by atoms with Crippen LogP contribution >= 0.6 is 0 Å². The Morgan fingerprint density at radius 2 is 1.95 bits per heavy atom. The minimum absolute atomic E-state index is 0.0191. The molecule has 0 spiro atoms. The highest BCUT2D eigenvalue weighted by atomic mass is 19.1. The van der Waals surface area contributed by atoms with E-state index in [0.717, 1.165) is 5.56 Å². The molecular weight excluding hydrogens is 249 g/mol. The Morgan fingerprint density at radius 1 is 1.26 bits per heavy atom. The molecule has 1 heterocycles. The number of methoxy groups -OCH3 is 1. The second kappa shape index (κ2) is 5.48. The van der Waals surface area contributed by atoms with Gasteiger partial charge in [0.1, 0.15) is 11.4 Å². The van der Waals surface area contributed by atoms with Crippen LogP contribution < -0.4 is 5.56 Å². The number of carbonyl (C=O) groups is 1. The molecule has 1 aromatic carbocycles. The van der Waals surface area contributed by atoms with Gasteiger partial charge in [-0.1, -0.05) is 12.1 Å². The van der Waals surface area contributed by atoms with E-state index in [1.807, 2.05) is 0 Å². The van der Waals surface area contributed by atoms with E-state index in [1.165, 1.54) is 25.4 Å². The number of aromatic amines is 1. The normalized spacial score (nSPS) is 10.2. The lowest BCUT2D eigenvalue weighted by Crippen LogP contribution is -2.21. The number of H-pyrrole nitrogens is 1. The zero-order valence-electron chi connectivity index (χ0n) is 10.3. The third kappa shape index (κ3) is 2.88. The minimum atomic E-state index is -0.682. The van der Waals surface area contributed by atoms with Crippen LogP contribution in [0.2, 0.25) is 0 Å². The Hall–Kier alpha value is -2.43. The van der Waals surface area contributed by atoms with Gasteiger partial charge < -0.3 is 9.72 Å². The Balaban J connectivity index is 2.40. The Labute approximate surface area is 108 Å². The third-order valence-electron chi connectivity index (χ3n) is 2.74. The first kappa shape index (κ1) is 13.0. The summed E-state index contributed by atoms with van der Waals surface area (Å²) in [6, 6.07) is 7.52. The maximum Gasteiger partial charge on any atom is 0.343 e. The van der Waals surface area contributed by atoms with E-state index in [0.29, 0.717) is 12.0 Å². The Kier molecular flexibility index (Phi) is 3.75. The Morgan fingerprint density at radius 3 is 2.58 bits per heavy atom. The number of halogens is 1. The van der Waals surface area contributed by atoms with E-state index in [-0.39, 0.29) is 11.4 Å².